The van der Waals surface area contributed by atoms with Crippen molar-refractivity contribution in [3.63, 3.8) is 0 Å². The molecule has 0 aliphatic carbocycles. The molecule has 0 bridgehead atoms. The van der Waals surface area contributed by atoms with Crippen LogP contribution in [0, 0.1) is 5.92 Å². The van der Waals surface area contributed by atoms with Gasteiger partial charge in [0.25, 0.3) is 0 Å². The van der Waals surface area contributed by atoms with E-state index >= 15 is 0 Å². The third kappa shape index (κ3) is 5.24. The molecule has 0 spiro atoms. The Morgan fingerprint density at radius 3 is 2.61 bits per heavy atom. The van der Waals surface area contributed by atoms with Gasteiger partial charge in [0, 0.05) is 26.2 Å². The summed E-state index contributed by atoms with van der Waals surface area (Å²) < 4.78 is 0. The highest BCUT2D eigenvalue weighted by Gasteiger charge is 2.17. The van der Waals surface area contributed by atoms with Crippen LogP contribution in [-0.2, 0) is 13.1 Å². The average molecular weight is 316 g/mol. The Balaban J connectivity index is 2.04. The molecule has 4 heteroatoms. The first-order chi connectivity index (χ1) is 11.1. The van der Waals surface area contributed by atoms with E-state index in [1.165, 1.54) is 37.1 Å². The molecule has 1 aromatic carbocycles. The summed E-state index contributed by atoms with van der Waals surface area (Å²) in [5, 5.41) is 0. The number of benzene rings is 1. The number of piperidine rings is 1. The number of nitrogens with zero attached hydrogens (tertiary/aromatic N) is 3. The zero-order valence-electron chi connectivity index (χ0n) is 15.0. The molecule has 4 nitrogen and oxygen atoms in total. The fourth-order valence-corrected chi connectivity index (χ4v) is 3.35. The van der Waals surface area contributed by atoms with Crippen molar-refractivity contribution in [3.05, 3.63) is 35.4 Å². The Labute approximate surface area is 141 Å². The monoisotopic (exact) mass is 316 g/mol. The minimum Gasteiger partial charge on any atom is -0.370 e. The molecule has 1 fully saturated rings. The number of likely N-dealkylation sites (tertiary alicyclic amines) is 1. The molecule has 0 aromatic heterocycles. The summed E-state index contributed by atoms with van der Waals surface area (Å²) in [4.78, 5) is 9.27. The van der Waals surface area contributed by atoms with E-state index in [0.29, 0.717) is 12.5 Å². The van der Waals surface area contributed by atoms with E-state index in [2.05, 4.69) is 59.8 Å². The van der Waals surface area contributed by atoms with E-state index in [1.807, 2.05) is 0 Å². The third-order valence-electron chi connectivity index (χ3n) is 4.75. The third-order valence-corrected chi connectivity index (χ3v) is 4.75. The fraction of sp³-hybridized carbons (Fsp3) is 0.632. The van der Waals surface area contributed by atoms with Crippen molar-refractivity contribution in [2.75, 3.05) is 26.2 Å². The van der Waals surface area contributed by atoms with Gasteiger partial charge in [0.2, 0.25) is 0 Å². The van der Waals surface area contributed by atoms with Crippen LogP contribution in [0.3, 0.4) is 0 Å². The molecule has 1 saturated heterocycles. The first kappa shape index (κ1) is 17.8. The maximum atomic E-state index is 6.10. The summed E-state index contributed by atoms with van der Waals surface area (Å²) in [6.45, 7) is 12.5. The lowest BCUT2D eigenvalue weighted by atomic mass is 9.99. The second kappa shape index (κ2) is 8.92. The fourth-order valence-electron chi connectivity index (χ4n) is 3.35. The Morgan fingerprint density at radius 2 is 1.96 bits per heavy atom. The van der Waals surface area contributed by atoms with Crippen molar-refractivity contribution in [1.82, 2.24) is 9.80 Å². The summed E-state index contributed by atoms with van der Waals surface area (Å²) in [6, 6.07) is 8.64. The van der Waals surface area contributed by atoms with Crippen LogP contribution in [0.1, 0.15) is 44.7 Å². The summed E-state index contributed by atoms with van der Waals surface area (Å²) in [5.74, 6) is 1.46. The van der Waals surface area contributed by atoms with Crippen molar-refractivity contribution < 1.29 is 0 Å². The van der Waals surface area contributed by atoms with Gasteiger partial charge in [-0.15, -0.1) is 0 Å². The largest absolute Gasteiger partial charge is 0.370 e. The molecule has 0 saturated carbocycles. The summed E-state index contributed by atoms with van der Waals surface area (Å²) in [6.07, 6.45) is 2.68. The van der Waals surface area contributed by atoms with Gasteiger partial charge in [-0.1, -0.05) is 31.2 Å². The maximum Gasteiger partial charge on any atom is 0.191 e. The van der Waals surface area contributed by atoms with Gasteiger partial charge in [-0.05, 0) is 50.3 Å². The lowest BCUT2D eigenvalue weighted by Crippen LogP contribution is -2.37. The zero-order chi connectivity index (χ0) is 16.7. The van der Waals surface area contributed by atoms with E-state index in [0.717, 1.165) is 25.6 Å². The van der Waals surface area contributed by atoms with Gasteiger partial charge in [-0.3, -0.25) is 4.90 Å². The predicted octanol–water partition coefficient (Wildman–Crippen LogP) is 3.08. The Hall–Kier alpha value is -1.55. The van der Waals surface area contributed by atoms with Crippen LogP contribution in [0.15, 0.2) is 29.3 Å². The summed E-state index contributed by atoms with van der Waals surface area (Å²) in [5.41, 5.74) is 8.78. The SMILES string of the molecule is CCN(CC)C(N)=NCc1ccccc1CN1CCCC(C)C1. The molecular weight excluding hydrogens is 284 g/mol. The first-order valence-corrected chi connectivity index (χ1v) is 8.98. The molecule has 2 N–H and O–H groups in total. The average Bonchev–Trinajstić information content (AvgIpc) is 2.55. The number of nitrogens with two attached hydrogens (primary N) is 1. The van der Waals surface area contributed by atoms with Crippen molar-refractivity contribution in [2.45, 2.75) is 46.7 Å². The topological polar surface area (TPSA) is 44.9 Å². The van der Waals surface area contributed by atoms with Gasteiger partial charge in [-0.2, -0.15) is 0 Å². The minimum absolute atomic E-state index is 0.649. The van der Waals surface area contributed by atoms with Crippen LogP contribution in [0.5, 0.6) is 0 Å². The standard InChI is InChI=1S/C19H32N4/c1-4-23(5-2)19(20)21-13-17-10-6-7-11-18(17)15-22-12-8-9-16(3)14-22/h6-7,10-11,16H,4-5,8-9,12-15H2,1-3H3,(H2,20,21). The molecule has 1 atom stereocenters. The van der Waals surface area contributed by atoms with E-state index in [4.69, 9.17) is 5.73 Å². The lowest BCUT2D eigenvalue weighted by Gasteiger charge is -2.31. The smallest absolute Gasteiger partial charge is 0.191 e. The summed E-state index contributed by atoms with van der Waals surface area (Å²) >= 11 is 0. The highest BCUT2D eigenvalue weighted by molar-refractivity contribution is 5.78. The summed E-state index contributed by atoms with van der Waals surface area (Å²) in [7, 11) is 0. The maximum absolute atomic E-state index is 6.10. The van der Waals surface area contributed by atoms with Gasteiger partial charge < -0.3 is 10.6 Å². The van der Waals surface area contributed by atoms with Crippen LogP contribution in [-0.4, -0.2) is 41.9 Å². The molecule has 1 aliphatic rings. The van der Waals surface area contributed by atoms with Crippen LogP contribution in [0.4, 0.5) is 0 Å². The second-order valence-electron chi connectivity index (χ2n) is 6.60. The molecule has 0 amide bonds. The zero-order valence-corrected chi connectivity index (χ0v) is 15.0. The van der Waals surface area contributed by atoms with Gasteiger partial charge >= 0.3 is 0 Å². The van der Waals surface area contributed by atoms with Crippen LogP contribution < -0.4 is 5.73 Å². The van der Waals surface area contributed by atoms with Crippen molar-refractivity contribution in [1.29, 1.82) is 0 Å². The second-order valence-corrected chi connectivity index (χ2v) is 6.60. The molecule has 1 aliphatic heterocycles. The molecule has 1 unspecified atom stereocenters. The number of guanidine groups is 1. The van der Waals surface area contributed by atoms with Gasteiger partial charge in [-0.25, -0.2) is 4.99 Å². The van der Waals surface area contributed by atoms with E-state index in [1.54, 1.807) is 0 Å². The normalized spacial score (nSPS) is 19.8. The molecular formula is C19H32N4. The Morgan fingerprint density at radius 1 is 1.26 bits per heavy atom. The highest BCUT2D eigenvalue weighted by atomic mass is 15.2. The number of hydrogen-bond acceptors (Lipinski definition) is 2. The number of rotatable bonds is 6. The molecule has 1 aromatic rings. The van der Waals surface area contributed by atoms with Crippen molar-refractivity contribution >= 4 is 5.96 Å². The molecule has 23 heavy (non-hydrogen) atoms. The lowest BCUT2D eigenvalue weighted by molar-refractivity contribution is 0.176. The minimum atomic E-state index is 0.649. The number of aliphatic imine (C=N–C) groups is 1. The van der Waals surface area contributed by atoms with E-state index in [-0.39, 0.29) is 0 Å². The first-order valence-electron chi connectivity index (χ1n) is 8.98. The van der Waals surface area contributed by atoms with Crippen LogP contribution in [0.2, 0.25) is 0 Å². The van der Waals surface area contributed by atoms with Crippen molar-refractivity contribution in [3.8, 4) is 0 Å². The molecule has 1 heterocycles. The predicted molar refractivity (Wildman–Crippen MR) is 98.4 cm³/mol. The van der Waals surface area contributed by atoms with Crippen LogP contribution >= 0.6 is 0 Å². The Kier molecular flexibility index (Phi) is 6.90. The molecule has 0 radical (unpaired) electrons. The van der Waals surface area contributed by atoms with E-state index in [9.17, 15) is 0 Å². The highest BCUT2D eigenvalue weighted by Crippen LogP contribution is 2.20. The molecule has 128 valence electrons. The number of hydrogen-bond donors (Lipinski definition) is 1. The van der Waals surface area contributed by atoms with Crippen molar-refractivity contribution in [2.24, 2.45) is 16.6 Å². The van der Waals surface area contributed by atoms with Crippen LogP contribution in [0.25, 0.3) is 0 Å². The molecule has 2 rings (SSSR count). The van der Waals surface area contributed by atoms with Gasteiger partial charge in [0.05, 0.1) is 6.54 Å². The quantitative estimate of drug-likeness (QED) is 0.648. The van der Waals surface area contributed by atoms with Gasteiger partial charge in [0.15, 0.2) is 5.96 Å². The van der Waals surface area contributed by atoms with Gasteiger partial charge in [0.1, 0.15) is 0 Å². The Bertz CT molecular complexity index is 508. The van der Waals surface area contributed by atoms with E-state index < -0.39 is 0 Å².